The van der Waals surface area contributed by atoms with Crippen LogP contribution in [0.1, 0.15) is 0 Å². The molecule has 5 nitrogen and oxygen atoms in total. The lowest BCUT2D eigenvalue weighted by atomic mass is 10.2. The number of rotatable bonds is 7. The number of hydrogen-bond acceptors (Lipinski definition) is 4. The van der Waals surface area contributed by atoms with E-state index < -0.39 is 34.8 Å². The van der Waals surface area contributed by atoms with Crippen LogP contribution < -0.4 is 15.8 Å². The standard InChI is InChI=1S/C19H16F4N4OS/c1-3-11(21)14(25-2)9-26-19(24)27-17-16(29)7-5-12(22)18(17)28-15-6-4-10(20)8-13(15)23/h3-8,29H,1-2,9H2,(H3,24,26,27)/b14-11+. The van der Waals surface area contributed by atoms with Crippen LogP contribution in [-0.4, -0.2) is 19.2 Å². The molecule has 3 N–H and O–H groups in total. The smallest absolute Gasteiger partial charge is 0.193 e. The van der Waals surface area contributed by atoms with Gasteiger partial charge >= 0.3 is 0 Å². The summed E-state index contributed by atoms with van der Waals surface area (Å²) in [7, 11) is 0. The largest absolute Gasteiger partial charge is 0.449 e. The Hall–Kier alpha value is -3.27. The van der Waals surface area contributed by atoms with Crippen molar-refractivity contribution in [2.75, 3.05) is 11.9 Å². The molecule has 2 aromatic carbocycles. The third kappa shape index (κ3) is 5.61. The molecular formula is C19H16F4N4OS. The molecule has 0 saturated heterocycles. The number of guanidine groups is 1. The van der Waals surface area contributed by atoms with Gasteiger partial charge in [0.05, 0.1) is 12.2 Å². The lowest BCUT2D eigenvalue weighted by molar-refractivity contribution is 0.413. The number of nitrogens with two attached hydrogens (primary N) is 1. The minimum Gasteiger partial charge on any atom is -0.449 e. The lowest BCUT2D eigenvalue weighted by Crippen LogP contribution is -2.24. The van der Waals surface area contributed by atoms with E-state index >= 15 is 0 Å². The molecule has 29 heavy (non-hydrogen) atoms. The summed E-state index contributed by atoms with van der Waals surface area (Å²) in [5.74, 6) is -4.57. The van der Waals surface area contributed by atoms with Gasteiger partial charge < -0.3 is 15.8 Å². The van der Waals surface area contributed by atoms with Crippen LogP contribution in [0.15, 0.2) is 69.4 Å². The van der Waals surface area contributed by atoms with Gasteiger partial charge in [0.25, 0.3) is 0 Å². The van der Waals surface area contributed by atoms with Crippen LogP contribution >= 0.6 is 12.6 Å². The number of nitrogens with zero attached hydrogens (tertiary/aromatic N) is 2. The molecule has 0 saturated carbocycles. The summed E-state index contributed by atoms with van der Waals surface area (Å²) in [4.78, 5) is 7.55. The van der Waals surface area contributed by atoms with E-state index in [0.29, 0.717) is 6.07 Å². The highest BCUT2D eigenvalue weighted by molar-refractivity contribution is 7.80. The molecule has 2 rings (SSSR count). The fraction of sp³-hybridized carbons (Fsp3) is 0.0526. The molecular weight excluding hydrogens is 408 g/mol. The van der Waals surface area contributed by atoms with E-state index in [1.807, 2.05) is 0 Å². The maximum atomic E-state index is 14.3. The summed E-state index contributed by atoms with van der Waals surface area (Å²) in [6.45, 7) is 6.22. The molecule has 0 atom stereocenters. The summed E-state index contributed by atoms with van der Waals surface area (Å²) >= 11 is 4.19. The van der Waals surface area contributed by atoms with Crippen LogP contribution in [-0.2, 0) is 0 Å². The fourth-order valence-electron chi connectivity index (χ4n) is 2.08. The Labute approximate surface area is 169 Å². The molecule has 0 aliphatic rings. The van der Waals surface area contributed by atoms with Crippen LogP contribution in [0.4, 0.5) is 23.2 Å². The second-order valence-electron chi connectivity index (χ2n) is 5.43. The van der Waals surface area contributed by atoms with E-state index in [2.05, 4.69) is 41.2 Å². The van der Waals surface area contributed by atoms with Crippen molar-refractivity contribution in [2.24, 2.45) is 15.7 Å². The maximum Gasteiger partial charge on any atom is 0.193 e. The third-order valence-corrected chi connectivity index (χ3v) is 3.86. The van der Waals surface area contributed by atoms with E-state index in [1.165, 1.54) is 6.07 Å². The Morgan fingerprint density at radius 2 is 1.93 bits per heavy atom. The van der Waals surface area contributed by atoms with Crippen molar-refractivity contribution >= 4 is 31.0 Å². The molecule has 0 aromatic heterocycles. The molecule has 0 aliphatic carbocycles. The quantitative estimate of drug-likeness (QED) is 0.193. The van der Waals surface area contributed by atoms with Crippen molar-refractivity contribution in [1.29, 1.82) is 0 Å². The maximum absolute atomic E-state index is 14.3. The minimum atomic E-state index is -1.03. The number of anilines is 1. The first-order valence-corrected chi connectivity index (χ1v) is 8.40. The zero-order valence-corrected chi connectivity index (χ0v) is 15.8. The average molecular weight is 424 g/mol. The number of benzene rings is 2. The van der Waals surface area contributed by atoms with Crippen molar-refractivity contribution in [2.45, 2.75) is 4.90 Å². The fourth-order valence-corrected chi connectivity index (χ4v) is 2.31. The molecule has 0 heterocycles. The van der Waals surface area contributed by atoms with Crippen LogP contribution in [0.2, 0.25) is 0 Å². The van der Waals surface area contributed by atoms with Crippen LogP contribution in [0, 0.1) is 17.5 Å². The number of halogens is 4. The Kier molecular flexibility index (Phi) is 7.43. The van der Waals surface area contributed by atoms with Crippen LogP contribution in [0.25, 0.3) is 0 Å². The summed E-state index contributed by atoms with van der Waals surface area (Å²) in [5, 5.41) is 2.56. The second kappa shape index (κ2) is 9.78. The molecule has 0 bridgehead atoms. The summed E-state index contributed by atoms with van der Waals surface area (Å²) in [6, 6.07) is 4.88. The number of nitrogens with one attached hydrogen (secondary N) is 1. The molecule has 0 spiro atoms. The summed E-state index contributed by atoms with van der Waals surface area (Å²) < 4.78 is 60.1. The minimum absolute atomic E-state index is 0.0698. The van der Waals surface area contributed by atoms with Gasteiger partial charge in [-0.1, -0.05) is 6.58 Å². The predicted octanol–water partition coefficient (Wildman–Crippen LogP) is 4.98. The second-order valence-corrected chi connectivity index (χ2v) is 5.91. The lowest BCUT2D eigenvalue weighted by Gasteiger charge is -2.16. The highest BCUT2D eigenvalue weighted by Gasteiger charge is 2.17. The van der Waals surface area contributed by atoms with Gasteiger partial charge in [0.1, 0.15) is 17.3 Å². The highest BCUT2D eigenvalue weighted by Crippen LogP contribution is 2.37. The van der Waals surface area contributed by atoms with Crippen LogP contribution in [0.5, 0.6) is 11.5 Å². The van der Waals surface area contributed by atoms with Gasteiger partial charge in [-0.15, -0.1) is 12.6 Å². The van der Waals surface area contributed by atoms with E-state index in [9.17, 15) is 17.6 Å². The van der Waals surface area contributed by atoms with Gasteiger partial charge in [0, 0.05) is 11.0 Å². The van der Waals surface area contributed by atoms with E-state index in [4.69, 9.17) is 10.5 Å². The van der Waals surface area contributed by atoms with Gasteiger partial charge in [-0.2, -0.15) is 0 Å². The molecule has 0 radical (unpaired) electrons. The van der Waals surface area contributed by atoms with E-state index in [-0.39, 0.29) is 28.8 Å². The Bertz CT molecular complexity index is 1010. The molecule has 10 heteroatoms. The molecule has 0 fully saturated rings. The normalized spacial score (nSPS) is 12.2. The number of allylic oxidation sites excluding steroid dienone is 2. The summed E-state index contributed by atoms with van der Waals surface area (Å²) in [6.07, 6.45) is 0.935. The molecule has 2 aromatic rings. The first kappa shape index (κ1) is 22.0. The van der Waals surface area contributed by atoms with Crippen molar-refractivity contribution < 1.29 is 22.3 Å². The van der Waals surface area contributed by atoms with E-state index in [0.717, 1.165) is 24.3 Å². The number of thiol groups is 1. The Morgan fingerprint density at radius 1 is 1.21 bits per heavy atom. The molecule has 0 unspecified atom stereocenters. The first-order valence-electron chi connectivity index (χ1n) is 7.96. The number of aliphatic imine (C=N–C) groups is 2. The zero-order valence-electron chi connectivity index (χ0n) is 14.9. The SMILES string of the molecule is C=C/C(F)=C(/CN=C(N)Nc1c(S)ccc(F)c1Oc1ccc(F)cc1F)N=C. The van der Waals surface area contributed by atoms with Gasteiger partial charge in [-0.25, -0.2) is 22.6 Å². The van der Waals surface area contributed by atoms with Crippen molar-refractivity contribution in [3.8, 4) is 11.5 Å². The van der Waals surface area contributed by atoms with Crippen molar-refractivity contribution in [3.63, 3.8) is 0 Å². The van der Waals surface area contributed by atoms with E-state index in [1.54, 1.807) is 0 Å². The highest BCUT2D eigenvalue weighted by atomic mass is 32.1. The monoisotopic (exact) mass is 424 g/mol. The first-order chi connectivity index (χ1) is 13.8. The Balaban J connectivity index is 2.35. The zero-order chi connectivity index (χ0) is 21.6. The number of hydrogen-bond donors (Lipinski definition) is 3. The number of ether oxygens (including phenoxy) is 1. The predicted molar refractivity (Wildman–Crippen MR) is 108 cm³/mol. The molecule has 152 valence electrons. The Morgan fingerprint density at radius 3 is 2.55 bits per heavy atom. The molecule has 0 aliphatic heterocycles. The van der Waals surface area contributed by atoms with Gasteiger partial charge in [-0.3, -0.25) is 4.99 Å². The average Bonchev–Trinajstić information content (AvgIpc) is 2.69. The van der Waals surface area contributed by atoms with Crippen LogP contribution in [0.3, 0.4) is 0 Å². The van der Waals surface area contributed by atoms with Gasteiger partial charge in [0.2, 0.25) is 0 Å². The van der Waals surface area contributed by atoms with Crippen molar-refractivity contribution in [3.05, 3.63) is 72.0 Å². The summed E-state index contributed by atoms with van der Waals surface area (Å²) in [5.41, 5.74) is 5.57. The van der Waals surface area contributed by atoms with Crippen molar-refractivity contribution in [1.82, 2.24) is 0 Å². The van der Waals surface area contributed by atoms with Gasteiger partial charge in [-0.05, 0) is 37.1 Å². The third-order valence-electron chi connectivity index (χ3n) is 3.49. The molecule has 0 amide bonds. The van der Waals surface area contributed by atoms with Gasteiger partial charge in [0.15, 0.2) is 29.1 Å². The topological polar surface area (TPSA) is 72.0 Å².